The van der Waals surface area contributed by atoms with Gasteiger partial charge >= 0.3 is 0 Å². The number of anilines is 1. The zero-order valence-corrected chi connectivity index (χ0v) is 16.2. The Labute approximate surface area is 168 Å². The van der Waals surface area contributed by atoms with Gasteiger partial charge in [-0.2, -0.15) is 0 Å². The summed E-state index contributed by atoms with van der Waals surface area (Å²) in [6.45, 7) is 5.69. The molecule has 1 saturated heterocycles. The fraction of sp³-hybridized carbons (Fsp3) is 0.217. The highest BCUT2D eigenvalue weighted by atomic mass is 35.5. The van der Waals surface area contributed by atoms with Crippen molar-refractivity contribution in [3.8, 4) is 5.75 Å². The third kappa shape index (κ3) is 2.52. The van der Waals surface area contributed by atoms with Gasteiger partial charge in [0.1, 0.15) is 5.75 Å². The molecule has 3 atom stereocenters. The molecule has 5 heteroatoms. The fourth-order valence-corrected chi connectivity index (χ4v) is 4.75. The fourth-order valence-electron chi connectivity index (χ4n) is 4.57. The number of fused-ring (bicyclic) bond motifs is 1. The molecular weight excluding hydrogens is 374 g/mol. The van der Waals surface area contributed by atoms with E-state index in [1.165, 1.54) is 11.0 Å². The Kier molecular flexibility index (Phi) is 4.39. The zero-order chi connectivity index (χ0) is 20.1. The summed E-state index contributed by atoms with van der Waals surface area (Å²) in [5, 5.41) is 11.0. The first-order chi connectivity index (χ1) is 13.4. The van der Waals surface area contributed by atoms with E-state index in [1.54, 1.807) is 42.5 Å². The predicted octanol–water partition coefficient (Wildman–Crippen LogP) is 4.84. The van der Waals surface area contributed by atoms with Gasteiger partial charge in [0.15, 0.2) is 0 Å². The van der Waals surface area contributed by atoms with Crippen LogP contribution in [0.4, 0.5) is 5.69 Å². The molecule has 0 saturated carbocycles. The van der Waals surface area contributed by atoms with Crippen LogP contribution in [0.5, 0.6) is 5.75 Å². The van der Waals surface area contributed by atoms with Gasteiger partial charge in [-0.15, -0.1) is 0 Å². The quantitative estimate of drug-likeness (QED) is 0.759. The van der Waals surface area contributed by atoms with Gasteiger partial charge in [0, 0.05) is 16.5 Å². The van der Waals surface area contributed by atoms with E-state index in [1.807, 2.05) is 19.1 Å². The van der Waals surface area contributed by atoms with Crippen molar-refractivity contribution in [1.29, 1.82) is 0 Å². The average molecular weight is 394 g/mol. The Morgan fingerprint density at radius 2 is 1.93 bits per heavy atom. The molecule has 0 radical (unpaired) electrons. The van der Waals surface area contributed by atoms with Crippen molar-refractivity contribution in [3.63, 3.8) is 0 Å². The van der Waals surface area contributed by atoms with Gasteiger partial charge in [0.25, 0.3) is 0 Å². The van der Waals surface area contributed by atoms with Crippen LogP contribution in [-0.4, -0.2) is 16.9 Å². The lowest BCUT2D eigenvalue weighted by atomic mass is 9.60. The number of carbonyl (C=O) groups is 2. The minimum absolute atomic E-state index is 0.0439. The lowest BCUT2D eigenvalue weighted by Crippen LogP contribution is -2.41. The Morgan fingerprint density at radius 3 is 2.61 bits per heavy atom. The molecule has 0 bridgehead atoms. The van der Waals surface area contributed by atoms with Crippen molar-refractivity contribution >= 4 is 29.1 Å². The molecule has 1 heterocycles. The first-order valence-electron chi connectivity index (χ1n) is 9.14. The molecule has 4 nitrogen and oxygen atoms in total. The van der Waals surface area contributed by atoms with E-state index in [0.29, 0.717) is 22.7 Å². The summed E-state index contributed by atoms with van der Waals surface area (Å²) in [6, 6.07) is 13.7. The molecule has 2 amide bonds. The summed E-state index contributed by atoms with van der Waals surface area (Å²) in [6.07, 6.45) is 4.07. The Hall–Kier alpha value is -2.85. The maximum Gasteiger partial charge on any atom is 0.241 e. The summed E-state index contributed by atoms with van der Waals surface area (Å²) in [4.78, 5) is 28.2. The molecule has 1 N–H and O–H groups in total. The average Bonchev–Trinajstić information content (AvgIpc) is 2.89. The number of nitrogens with zero attached hydrogens (tertiary/aromatic N) is 1. The number of aromatic hydroxyl groups is 1. The smallest absolute Gasteiger partial charge is 0.241 e. The second-order valence-corrected chi connectivity index (χ2v) is 7.87. The third-order valence-electron chi connectivity index (χ3n) is 5.98. The number of phenols is 1. The molecule has 0 aromatic heterocycles. The number of benzene rings is 2. The van der Waals surface area contributed by atoms with Crippen LogP contribution in [0, 0.1) is 11.3 Å². The summed E-state index contributed by atoms with van der Waals surface area (Å²) in [7, 11) is 0. The van der Waals surface area contributed by atoms with Gasteiger partial charge in [-0.05, 0) is 49.2 Å². The molecule has 1 aliphatic carbocycles. The van der Waals surface area contributed by atoms with Crippen LogP contribution < -0.4 is 4.90 Å². The van der Waals surface area contributed by atoms with E-state index in [-0.39, 0.29) is 17.6 Å². The minimum atomic E-state index is -1.05. The number of rotatable bonds is 3. The van der Waals surface area contributed by atoms with Gasteiger partial charge < -0.3 is 5.11 Å². The number of carbonyl (C=O) groups excluding carboxylic acids is 2. The van der Waals surface area contributed by atoms with Crippen LogP contribution in [0.1, 0.15) is 24.8 Å². The summed E-state index contributed by atoms with van der Waals surface area (Å²) in [5.41, 5.74) is 0.851. The van der Waals surface area contributed by atoms with Gasteiger partial charge in [-0.25, -0.2) is 4.90 Å². The van der Waals surface area contributed by atoms with Crippen LogP contribution >= 0.6 is 11.6 Å². The Balaban J connectivity index is 1.91. The number of para-hydroxylation sites is 1. The highest BCUT2D eigenvalue weighted by Gasteiger charge is 2.62. The topological polar surface area (TPSA) is 57.6 Å². The van der Waals surface area contributed by atoms with Gasteiger partial charge in [0.05, 0.1) is 17.0 Å². The van der Waals surface area contributed by atoms with Crippen LogP contribution in [0.15, 0.2) is 72.8 Å². The normalized spacial score (nSPS) is 26.8. The highest BCUT2D eigenvalue weighted by molar-refractivity contribution is 6.30. The van der Waals surface area contributed by atoms with Crippen LogP contribution in [-0.2, 0) is 9.59 Å². The number of allylic oxidation sites excluding steroid dienone is 3. The summed E-state index contributed by atoms with van der Waals surface area (Å²) >= 11 is 6.19. The van der Waals surface area contributed by atoms with Crippen molar-refractivity contribution in [3.05, 3.63) is 83.4 Å². The number of hydrogen-bond acceptors (Lipinski definition) is 3. The first kappa shape index (κ1) is 18.5. The molecular formula is C23H20ClNO3. The monoisotopic (exact) mass is 393 g/mol. The molecule has 2 aliphatic rings. The van der Waals surface area contributed by atoms with Gasteiger partial charge in [0.2, 0.25) is 11.8 Å². The van der Waals surface area contributed by atoms with Crippen molar-refractivity contribution in [2.45, 2.75) is 19.3 Å². The molecule has 2 aromatic rings. The predicted molar refractivity (Wildman–Crippen MR) is 109 cm³/mol. The van der Waals surface area contributed by atoms with Crippen LogP contribution in [0.3, 0.4) is 0 Å². The molecule has 28 heavy (non-hydrogen) atoms. The Bertz CT molecular complexity index is 1010. The SMILES string of the molecule is C=CC1=CCC2C(=O)N(c3ccccc3)C(=O)C2(C)C1c1cc(Cl)ccc1O. The molecule has 2 aromatic carbocycles. The van der Waals surface area contributed by atoms with Crippen molar-refractivity contribution in [2.75, 3.05) is 4.90 Å². The highest BCUT2D eigenvalue weighted by Crippen LogP contribution is 2.58. The van der Waals surface area contributed by atoms with E-state index in [2.05, 4.69) is 6.58 Å². The van der Waals surface area contributed by atoms with Crippen LogP contribution in [0.2, 0.25) is 5.02 Å². The molecule has 142 valence electrons. The molecule has 1 aliphatic heterocycles. The zero-order valence-electron chi connectivity index (χ0n) is 15.4. The van der Waals surface area contributed by atoms with Crippen molar-refractivity contribution < 1.29 is 14.7 Å². The van der Waals surface area contributed by atoms with Crippen molar-refractivity contribution in [2.24, 2.45) is 11.3 Å². The maximum atomic E-state index is 13.6. The van der Waals surface area contributed by atoms with Gasteiger partial charge in [-0.1, -0.05) is 48.5 Å². The number of halogens is 1. The summed E-state index contributed by atoms with van der Waals surface area (Å²) in [5.74, 6) is -1.49. The van der Waals surface area contributed by atoms with E-state index >= 15 is 0 Å². The summed E-state index contributed by atoms with van der Waals surface area (Å²) < 4.78 is 0. The standard InChI is InChI=1S/C23H20ClNO3/c1-3-14-9-11-18-21(27)25(16-7-5-4-6-8-16)22(28)23(18,2)20(14)17-13-15(24)10-12-19(17)26/h3-10,12-13,18,20,26H,1,11H2,2H3. The largest absolute Gasteiger partial charge is 0.508 e. The maximum absolute atomic E-state index is 13.6. The lowest BCUT2D eigenvalue weighted by Gasteiger charge is -2.40. The lowest BCUT2D eigenvalue weighted by molar-refractivity contribution is -0.127. The van der Waals surface area contributed by atoms with E-state index in [4.69, 9.17) is 11.6 Å². The number of phenolic OH excluding ortho intramolecular Hbond substituents is 1. The number of amides is 2. The van der Waals surface area contributed by atoms with E-state index < -0.39 is 17.3 Å². The minimum Gasteiger partial charge on any atom is -0.508 e. The number of imide groups is 1. The third-order valence-corrected chi connectivity index (χ3v) is 6.21. The molecule has 3 unspecified atom stereocenters. The molecule has 0 spiro atoms. The van der Waals surface area contributed by atoms with Crippen LogP contribution in [0.25, 0.3) is 0 Å². The second-order valence-electron chi connectivity index (χ2n) is 7.43. The molecule has 4 rings (SSSR count). The van der Waals surface area contributed by atoms with Crippen molar-refractivity contribution in [1.82, 2.24) is 0 Å². The first-order valence-corrected chi connectivity index (χ1v) is 9.51. The number of hydrogen-bond donors (Lipinski definition) is 1. The van der Waals surface area contributed by atoms with E-state index in [0.717, 1.165) is 5.57 Å². The second kappa shape index (κ2) is 6.64. The van der Waals surface area contributed by atoms with Gasteiger partial charge in [-0.3, -0.25) is 9.59 Å². The van der Waals surface area contributed by atoms with E-state index in [9.17, 15) is 14.7 Å². The Morgan fingerprint density at radius 1 is 1.21 bits per heavy atom. The molecule has 1 fully saturated rings.